The van der Waals surface area contributed by atoms with Gasteiger partial charge in [-0.1, -0.05) is 24.2 Å². The van der Waals surface area contributed by atoms with Crippen LogP contribution in [0, 0.1) is 0 Å². The van der Waals surface area contributed by atoms with Crippen molar-refractivity contribution in [2.24, 2.45) is 0 Å². The third-order valence-corrected chi connectivity index (χ3v) is 2.91. The van der Waals surface area contributed by atoms with E-state index in [-0.39, 0.29) is 18.3 Å². The SMILES string of the molecule is C=C(Cl)CNC(=O)c1cccc2c1CCCN2.Cl. The minimum Gasteiger partial charge on any atom is -0.385 e. The Bertz CT molecular complexity index is 460. The third kappa shape index (κ3) is 3.40. The van der Waals surface area contributed by atoms with Crippen LogP contribution in [0.2, 0.25) is 0 Å². The van der Waals surface area contributed by atoms with E-state index in [4.69, 9.17) is 11.6 Å². The molecule has 2 N–H and O–H groups in total. The number of benzene rings is 1. The summed E-state index contributed by atoms with van der Waals surface area (Å²) >= 11 is 5.63. The van der Waals surface area contributed by atoms with Crippen LogP contribution < -0.4 is 10.6 Å². The first kappa shape index (κ1) is 14.9. The molecule has 0 fully saturated rings. The maximum atomic E-state index is 12.0. The first-order valence-electron chi connectivity index (χ1n) is 5.65. The summed E-state index contributed by atoms with van der Waals surface area (Å²) in [6.07, 6.45) is 1.99. The summed E-state index contributed by atoms with van der Waals surface area (Å²) in [6, 6.07) is 5.74. The summed E-state index contributed by atoms with van der Waals surface area (Å²) in [5.41, 5.74) is 2.89. The van der Waals surface area contributed by atoms with Crippen LogP contribution in [-0.4, -0.2) is 19.0 Å². The zero-order chi connectivity index (χ0) is 12.3. The van der Waals surface area contributed by atoms with Crippen molar-refractivity contribution in [3.05, 3.63) is 40.9 Å². The second kappa shape index (κ2) is 6.66. The number of hydrogen-bond acceptors (Lipinski definition) is 2. The number of nitrogens with one attached hydrogen (secondary N) is 2. The van der Waals surface area contributed by atoms with Gasteiger partial charge in [0, 0.05) is 22.8 Å². The highest BCUT2D eigenvalue weighted by Crippen LogP contribution is 2.25. The Hall–Kier alpha value is -1.19. The van der Waals surface area contributed by atoms with Crippen LogP contribution in [0.4, 0.5) is 5.69 Å². The van der Waals surface area contributed by atoms with Gasteiger partial charge >= 0.3 is 0 Å². The summed E-state index contributed by atoms with van der Waals surface area (Å²) in [5, 5.41) is 6.48. The normalized spacial score (nSPS) is 12.7. The van der Waals surface area contributed by atoms with Crippen LogP contribution in [0.15, 0.2) is 29.8 Å². The fraction of sp³-hybridized carbons (Fsp3) is 0.308. The van der Waals surface area contributed by atoms with Gasteiger partial charge < -0.3 is 10.6 Å². The molecule has 1 aliphatic rings. The number of halogens is 2. The summed E-state index contributed by atoms with van der Waals surface area (Å²) in [6.45, 7) is 4.82. The lowest BCUT2D eigenvalue weighted by molar-refractivity contribution is 0.0956. The first-order chi connectivity index (χ1) is 8.18. The van der Waals surface area contributed by atoms with E-state index in [0.29, 0.717) is 11.6 Å². The highest BCUT2D eigenvalue weighted by Gasteiger charge is 2.16. The first-order valence-corrected chi connectivity index (χ1v) is 6.03. The zero-order valence-electron chi connectivity index (χ0n) is 9.96. The van der Waals surface area contributed by atoms with E-state index in [1.807, 2.05) is 18.2 Å². The highest BCUT2D eigenvalue weighted by molar-refractivity contribution is 6.29. The standard InChI is InChI=1S/C13H15ClN2O.ClH/c1-9(14)8-16-13(17)11-4-2-6-12-10(11)5-3-7-15-12;/h2,4,6,15H,1,3,5,7-8H2,(H,16,17);1H. The number of hydrogen-bond donors (Lipinski definition) is 2. The number of amides is 1. The van der Waals surface area contributed by atoms with E-state index in [9.17, 15) is 4.79 Å². The van der Waals surface area contributed by atoms with Gasteiger partial charge in [0.25, 0.3) is 5.91 Å². The Labute approximate surface area is 118 Å². The number of fused-ring (bicyclic) bond motifs is 1. The molecule has 0 atom stereocenters. The maximum absolute atomic E-state index is 12.0. The Kier molecular flexibility index (Phi) is 5.51. The molecule has 5 heteroatoms. The van der Waals surface area contributed by atoms with Gasteiger partial charge in [0.2, 0.25) is 0 Å². The van der Waals surface area contributed by atoms with Crippen molar-refractivity contribution in [3.8, 4) is 0 Å². The van der Waals surface area contributed by atoms with Crippen molar-refractivity contribution in [3.63, 3.8) is 0 Å². The van der Waals surface area contributed by atoms with E-state index in [2.05, 4.69) is 17.2 Å². The van der Waals surface area contributed by atoms with Gasteiger partial charge in [0.1, 0.15) is 0 Å². The molecule has 1 amide bonds. The molecule has 0 saturated heterocycles. The Morgan fingerprint density at radius 1 is 1.50 bits per heavy atom. The number of rotatable bonds is 3. The van der Waals surface area contributed by atoms with Gasteiger partial charge in [-0.25, -0.2) is 0 Å². The molecule has 0 spiro atoms. The van der Waals surface area contributed by atoms with Crippen LogP contribution in [-0.2, 0) is 6.42 Å². The molecule has 18 heavy (non-hydrogen) atoms. The van der Waals surface area contributed by atoms with Gasteiger partial charge in [-0.2, -0.15) is 0 Å². The molecule has 0 aliphatic carbocycles. The summed E-state index contributed by atoms with van der Waals surface area (Å²) < 4.78 is 0. The molecule has 0 bridgehead atoms. The van der Waals surface area contributed by atoms with Crippen molar-refractivity contribution in [1.82, 2.24) is 5.32 Å². The molecule has 0 saturated carbocycles. The lowest BCUT2D eigenvalue weighted by atomic mass is 9.97. The van der Waals surface area contributed by atoms with Crippen LogP contribution in [0.25, 0.3) is 0 Å². The summed E-state index contributed by atoms with van der Waals surface area (Å²) in [5.74, 6) is -0.0904. The van der Waals surface area contributed by atoms with Crippen molar-refractivity contribution in [2.45, 2.75) is 12.8 Å². The van der Waals surface area contributed by atoms with E-state index < -0.39 is 0 Å². The summed E-state index contributed by atoms with van der Waals surface area (Å²) in [4.78, 5) is 12.0. The molecule has 1 aliphatic heterocycles. The average Bonchev–Trinajstić information content (AvgIpc) is 2.35. The lowest BCUT2D eigenvalue weighted by Gasteiger charge is -2.20. The van der Waals surface area contributed by atoms with Crippen LogP contribution in [0.5, 0.6) is 0 Å². The Morgan fingerprint density at radius 2 is 2.28 bits per heavy atom. The number of carbonyl (C=O) groups excluding carboxylic acids is 1. The average molecular weight is 287 g/mol. The van der Waals surface area contributed by atoms with Crippen molar-refractivity contribution in [1.29, 1.82) is 0 Å². The molecule has 1 aromatic carbocycles. The maximum Gasteiger partial charge on any atom is 0.251 e. The number of anilines is 1. The second-order valence-electron chi connectivity index (χ2n) is 4.06. The Morgan fingerprint density at radius 3 is 3.00 bits per heavy atom. The largest absolute Gasteiger partial charge is 0.385 e. The molecule has 0 aromatic heterocycles. The number of carbonyl (C=O) groups is 1. The molecule has 1 heterocycles. The minimum absolute atomic E-state index is 0. The second-order valence-corrected chi connectivity index (χ2v) is 4.60. The van der Waals surface area contributed by atoms with Crippen molar-refractivity contribution >= 4 is 35.6 Å². The molecule has 98 valence electrons. The van der Waals surface area contributed by atoms with Gasteiger partial charge in [0.05, 0.1) is 6.54 Å². The molecule has 1 aromatic rings. The fourth-order valence-electron chi connectivity index (χ4n) is 1.99. The fourth-order valence-corrected chi connectivity index (χ4v) is 2.06. The molecule has 2 rings (SSSR count). The molecule has 0 unspecified atom stereocenters. The van der Waals surface area contributed by atoms with Gasteiger partial charge in [-0.15, -0.1) is 12.4 Å². The third-order valence-electron chi connectivity index (χ3n) is 2.78. The molecular formula is C13H16Cl2N2O. The van der Waals surface area contributed by atoms with E-state index >= 15 is 0 Å². The van der Waals surface area contributed by atoms with Gasteiger partial charge in [0.15, 0.2) is 0 Å². The molecule has 3 nitrogen and oxygen atoms in total. The molecular weight excluding hydrogens is 271 g/mol. The van der Waals surface area contributed by atoms with E-state index in [1.54, 1.807) is 0 Å². The van der Waals surface area contributed by atoms with Crippen LogP contribution >= 0.6 is 24.0 Å². The predicted octanol–water partition coefficient (Wildman–Crippen LogP) is 2.95. The van der Waals surface area contributed by atoms with Gasteiger partial charge in [-0.05, 0) is 30.5 Å². The predicted molar refractivity (Wildman–Crippen MR) is 77.8 cm³/mol. The molecule has 0 radical (unpaired) electrons. The highest BCUT2D eigenvalue weighted by atomic mass is 35.5. The van der Waals surface area contributed by atoms with Crippen LogP contribution in [0.3, 0.4) is 0 Å². The Balaban J connectivity index is 0.00000162. The smallest absolute Gasteiger partial charge is 0.251 e. The topological polar surface area (TPSA) is 41.1 Å². The monoisotopic (exact) mass is 286 g/mol. The van der Waals surface area contributed by atoms with Crippen molar-refractivity contribution in [2.75, 3.05) is 18.4 Å². The van der Waals surface area contributed by atoms with Crippen molar-refractivity contribution < 1.29 is 4.79 Å². The van der Waals surface area contributed by atoms with Gasteiger partial charge in [-0.3, -0.25) is 4.79 Å². The quantitative estimate of drug-likeness (QED) is 0.897. The minimum atomic E-state index is -0.0904. The lowest BCUT2D eigenvalue weighted by Crippen LogP contribution is -2.27. The zero-order valence-corrected chi connectivity index (χ0v) is 11.5. The van der Waals surface area contributed by atoms with E-state index in [1.165, 1.54) is 0 Å². The summed E-state index contributed by atoms with van der Waals surface area (Å²) in [7, 11) is 0. The van der Waals surface area contributed by atoms with E-state index in [0.717, 1.165) is 36.2 Å². The van der Waals surface area contributed by atoms with Crippen LogP contribution in [0.1, 0.15) is 22.3 Å².